The zero-order valence-corrected chi connectivity index (χ0v) is 10.5. The number of nitrogens with one attached hydrogen (secondary N) is 2. The van der Waals surface area contributed by atoms with Crippen molar-refractivity contribution in [2.24, 2.45) is 5.92 Å². The van der Waals surface area contributed by atoms with Crippen LogP contribution in [0.25, 0.3) is 0 Å². The van der Waals surface area contributed by atoms with Crippen LogP contribution in [0.2, 0.25) is 0 Å². The molecule has 3 nitrogen and oxygen atoms in total. The maximum atomic E-state index is 12.9. The van der Waals surface area contributed by atoms with Crippen molar-refractivity contribution >= 4 is 24.0 Å². The van der Waals surface area contributed by atoms with E-state index < -0.39 is 11.6 Å². The van der Waals surface area contributed by atoms with E-state index in [0.717, 1.165) is 37.6 Å². The second-order valence-corrected chi connectivity index (χ2v) is 4.19. The SMILES string of the molecule is Cl.O=C(Nc1cc(F)cc(F)c1)C1CCCNC1. The minimum Gasteiger partial charge on any atom is -0.326 e. The number of hydrogen-bond donors (Lipinski definition) is 2. The second kappa shape index (κ2) is 6.66. The first-order chi connectivity index (χ1) is 8.15. The molecule has 1 aromatic carbocycles. The van der Waals surface area contributed by atoms with Gasteiger partial charge in [-0.25, -0.2) is 8.78 Å². The smallest absolute Gasteiger partial charge is 0.228 e. The summed E-state index contributed by atoms with van der Waals surface area (Å²) < 4.78 is 25.8. The Labute approximate surface area is 110 Å². The monoisotopic (exact) mass is 276 g/mol. The minimum absolute atomic E-state index is 0. The summed E-state index contributed by atoms with van der Waals surface area (Å²) in [5, 5.41) is 5.65. The third-order valence-electron chi connectivity index (χ3n) is 2.80. The Morgan fingerprint density at radius 3 is 2.50 bits per heavy atom. The van der Waals surface area contributed by atoms with Crippen molar-refractivity contribution in [1.82, 2.24) is 5.32 Å². The standard InChI is InChI=1S/C12H14F2N2O.ClH/c13-9-4-10(14)6-11(5-9)16-12(17)8-2-1-3-15-7-8;/h4-6,8,15H,1-3,7H2,(H,16,17);1H. The summed E-state index contributed by atoms with van der Waals surface area (Å²) in [4.78, 5) is 11.8. The Balaban J connectivity index is 0.00000162. The molecule has 1 amide bonds. The van der Waals surface area contributed by atoms with E-state index in [1.165, 1.54) is 0 Å². The Kier molecular flexibility index (Phi) is 5.50. The highest BCUT2D eigenvalue weighted by Gasteiger charge is 2.21. The molecule has 0 aromatic heterocycles. The molecule has 18 heavy (non-hydrogen) atoms. The molecular formula is C12H15ClF2N2O. The van der Waals surface area contributed by atoms with Crippen LogP contribution in [-0.4, -0.2) is 19.0 Å². The molecule has 1 aromatic rings. The fourth-order valence-electron chi connectivity index (χ4n) is 1.95. The maximum Gasteiger partial charge on any atom is 0.228 e. The van der Waals surface area contributed by atoms with Crippen LogP contribution >= 0.6 is 12.4 Å². The van der Waals surface area contributed by atoms with Gasteiger partial charge in [-0.15, -0.1) is 12.4 Å². The van der Waals surface area contributed by atoms with Gasteiger partial charge in [0, 0.05) is 18.3 Å². The fraction of sp³-hybridized carbons (Fsp3) is 0.417. The van der Waals surface area contributed by atoms with Gasteiger partial charge in [-0.2, -0.15) is 0 Å². The second-order valence-electron chi connectivity index (χ2n) is 4.19. The summed E-state index contributed by atoms with van der Waals surface area (Å²) in [6.07, 6.45) is 1.74. The van der Waals surface area contributed by atoms with Crippen molar-refractivity contribution in [3.63, 3.8) is 0 Å². The van der Waals surface area contributed by atoms with E-state index >= 15 is 0 Å². The van der Waals surface area contributed by atoms with Crippen LogP contribution in [0.1, 0.15) is 12.8 Å². The van der Waals surface area contributed by atoms with Gasteiger partial charge in [0.15, 0.2) is 0 Å². The molecule has 1 heterocycles. The largest absolute Gasteiger partial charge is 0.326 e. The number of piperidine rings is 1. The van der Waals surface area contributed by atoms with Crippen molar-refractivity contribution in [1.29, 1.82) is 0 Å². The van der Waals surface area contributed by atoms with E-state index in [0.29, 0.717) is 6.54 Å². The van der Waals surface area contributed by atoms with E-state index in [2.05, 4.69) is 10.6 Å². The summed E-state index contributed by atoms with van der Waals surface area (Å²) in [5.74, 6) is -1.71. The minimum atomic E-state index is -0.693. The first-order valence-electron chi connectivity index (χ1n) is 5.63. The number of hydrogen-bond acceptors (Lipinski definition) is 2. The van der Waals surface area contributed by atoms with Crippen molar-refractivity contribution in [3.05, 3.63) is 29.8 Å². The van der Waals surface area contributed by atoms with Crippen molar-refractivity contribution in [2.75, 3.05) is 18.4 Å². The number of carbonyl (C=O) groups is 1. The highest BCUT2D eigenvalue weighted by atomic mass is 35.5. The zero-order chi connectivity index (χ0) is 12.3. The Bertz CT molecular complexity index is 402. The van der Waals surface area contributed by atoms with E-state index in [-0.39, 0.29) is 29.9 Å². The van der Waals surface area contributed by atoms with Crippen LogP contribution in [0.15, 0.2) is 18.2 Å². The van der Waals surface area contributed by atoms with E-state index in [1.54, 1.807) is 0 Å². The van der Waals surface area contributed by atoms with Crippen LogP contribution in [0.4, 0.5) is 14.5 Å². The summed E-state index contributed by atoms with van der Waals surface area (Å²) >= 11 is 0. The fourth-order valence-corrected chi connectivity index (χ4v) is 1.95. The first kappa shape index (κ1) is 14.9. The number of carbonyl (C=O) groups excluding carboxylic acids is 1. The molecule has 1 unspecified atom stereocenters. The predicted molar refractivity (Wildman–Crippen MR) is 67.8 cm³/mol. The number of anilines is 1. The quantitative estimate of drug-likeness (QED) is 0.870. The molecular weight excluding hydrogens is 262 g/mol. The van der Waals surface area contributed by atoms with Crippen molar-refractivity contribution in [3.8, 4) is 0 Å². The topological polar surface area (TPSA) is 41.1 Å². The molecule has 2 N–H and O–H groups in total. The van der Waals surface area contributed by atoms with Crippen LogP contribution in [0, 0.1) is 17.6 Å². The summed E-state index contributed by atoms with van der Waals surface area (Å²) in [7, 11) is 0. The molecule has 1 saturated heterocycles. The summed E-state index contributed by atoms with van der Waals surface area (Å²) in [6.45, 7) is 1.53. The number of benzene rings is 1. The molecule has 6 heteroatoms. The molecule has 1 aliphatic rings. The van der Waals surface area contributed by atoms with Gasteiger partial charge in [-0.1, -0.05) is 0 Å². The molecule has 0 bridgehead atoms. The predicted octanol–water partition coefficient (Wildman–Crippen LogP) is 2.32. The lowest BCUT2D eigenvalue weighted by molar-refractivity contribution is -0.120. The van der Waals surface area contributed by atoms with Crippen LogP contribution in [0.3, 0.4) is 0 Å². The van der Waals surface area contributed by atoms with Crippen LogP contribution < -0.4 is 10.6 Å². The molecule has 0 spiro atoms. The van der Waals surface area contributed by atoms with Gasteiger partial charge < -0.3 is 10.6 Å². The third-order valence-corrected chi connectivity index (χ3v) is 2.80. The first-order valence-corrected chi connectivity index (χ1v) is 5.63. The highest BCUT2D eigenvalue weighted by Crippen LogP contribution is 2.16. The Hall–Kier alpha value is -1.20. The lowest BCUT2D eigenvalue weighted by atomic mass is 9.99. The average Bonchev–Trinajstić information content (AvgIpc) is 2.28. The van der Waals surface area contributed by atoms with E-state index in [1.807, 2.05) is 0 Å². The summed E-state index contributed by atoms with van der Waals surface area (Å²) in [6, 6.07) is 2.99. The number of halogens is 3. The van der Waals surface area contributed by atoms with Gasteiger partial charge in [0.1, 0.15) is 11.6 Å². The van der Waals surface area contributed by atoms with E-state index in [9.17, 15) is 13.6 Å². The molecule has 1 fully saturated rings. The molecule has 2 rings (SSSR count). The Morgan fingerprint density at radius 1 is 1.28 bits per heavy atom. The number of amides is 1. The van der Waals surface area contributed by atoms with Gasteiger partial charge in [0.2, 0.25) is 5.91 Å². The maximum absolute atomic E-state index is 12.9. The van der Waals surface area contributed by atoms with Crippen LogP contribution in [0.5, 0.6) is 0 Å². The van der Waals surface area contributed by atoms with Gasteiger partial charge in [-0.3, -0.25) is 4.79 Å². The molecule has 1 atom stereocenters. The number of rotatable bonds is 2. The van der Waals surface area contributed by atoms with E-state index in [4.69, 9.17) is 0 Å². The molecule has 1 aliphatic heterocycles. The normalized spacial score (nSPS) is 18.9. The summed E-state index contributed by atoms with van der Waals surface area (Å²) in [5.41, 5.74) is 0.165. The zero-order valence-electron chi connectivity index (χ0n) is 9.71. The third kappa shape index (κ3) is 3.92. The Morgan fingerprint density at radius 2 is 1.94 bits per heavy atom. The van der Waals surface area contributed by atoms with Gasteiger partial charge in [-0.05, 0) is 31.5 Å². The lowest BCUT2D eigenvalue weighted by Crippen LogP contribution is -2.37. The van der Waals surface area contributed by atoms with Crippen LogP contribution in [-0.2, 0) is 4.79 Å². The van der Waals surface area contributed by atoms with Gasteiger partial charge in [0.25, 0.3) is 0 Å². The van der Waals surface area contributed by atoms with Gasteiger partial charge in [0.05, 0.1) is 5.92 Å². The van der Waals surface area contributed by atoms with Crippen molar-refractivity contribution < 1.29 is 13.6 Å². The molecule has 100 valence electrons. The lowest BCUT2D eigenvalue weighted by Gasteiger charge is -2.21. The molecule has 0 aliphatic carbocycles. The molecule has 0 saturated carbocycles. The average molecular weight is 277 g/mol. The van der Waals surface area contributed by atoms with Crippen molar-refractivity contribution in [2.45, 2.75) is 12.8 Å². The highest BCUT2D eigenvalue weighted by molar-refractivity contribution is 5.92. The van der Waals surface area contributed by atoms with Gasteiger partial charge >= 0.3 is 0 Å². The molecule has 0 radical (unpaired) electrons.